The lowest BCUT2D eigenvalue weighted by atomic mass is 9.96. The SMILES string of the molecule is O=C(/C=C/c1ccc(O)cc1)OC[C@H]1O[C@@H](O[C@H]2[C@H](O[C@H]3[C@H](Oc4c(-c5ccc(O)cc5)oc5cc(O)cc(O)c5c4=O)O[C@H](CO)[C@@H](O)[C@@H]3O)O[C@H](CO)[C@@H](O)[C@@H]2O)[C@H](O)[C@@H](O)[C@@H]1O. The third-order valence-corrected chi connectivity index (χ3v) is 10.9. The molecule has 0 radical (unpaired) electrons. The molecule has 4 heterocycles. The second-order valence-electron chi connectivity index (χ2n) is 15.3. The molecular formula is C42H46O23. The van der Waals surface area contributed by atoms with Gasteiger partial charge in [-0.2, -0.15) is 0 Å². The van der Waals surface area contributed by atoms with Crippen LogP contribution in [0.1, 0.15) is 5.56 Å². The Bertz CT molecular complexity index is 2350. The molecule has 0 unspecified atom stereocenters. The summed E-state index contributed by atoms with van der Waals surface area (Å²) >= 11 is 0. The molecule has 3 aliphatic rings. The molecule has 23 heteroatoms. The van der Waals surface area contributed by atoms with E-state index in [0.29, 0.717) is 5.56 Å². The Morgan fingerprint density at radius 2 is 1.15 bits per heavy atom. The van der Waals surface area contributed by atoms with Crippen LogP contribution in [0.5, 0.6) is 28.7 Å². The fourth-order valence-corrected chi connectivity index (χ4v) is 7.34. The minimum atomic E-state index is -2.13. The second-order valence-corrected chi connectivity index (χ2v) is 15.3. The smallest absolute Gasteiger partial charge is 0.330 e. The van der Waals surface area contributed by atoms with E-state index in [4.69, 9.17) is 37.6 Å². The van der Waals surface area contributed by atoms with Crippen molar-refractivity contribution in [1.82, 2.24) is 0 Å². The minimum absolute atomic E-state index is 0.00702. The lowest BCUT2D eigenvalue weighted by Gasteiger charge is -2.48. The van der Waals surface area contributed by atoms with Crippen LogP contribution < -0.4 is 10.2 Å². The van der Waals surface area contributed by atoms with Gasteiger partial charge < -0.3 is 104 Å². The number of carbonyl (C=O) groups excluding carboxylic acids is 1. The van der Waals surface area contributed by atoms with Crippen molar-refractivity contribution in [1.29, 1.82) is 0 Å². The number of ether oxygens (including phenoxy) is 7. The lowest BCUT2D eigenvalue weighted by Crippen LogP contribution is -2.67. The molecule has 0 bridgehead atoms. The summed E-state index contributed by atoms with van der Waals surface area (Å²) in [7, 11) is 0. The summed E-state index contributed by atoms with van der Waals surface area (Å²) in [6, 6.07) is 12.7. The molecule has 1 aromatic heterocycles. The highest BCUT2D eigenvalue weighted by molar-refractivity contribution is 5.88. The fourth-order valence-electron chi connectivity index (χ4n) is 7.34. The molecule has 3 aliphatic heterocycles. The normalized spacial score (nSPS) is 33.0. The zero-order valence-electron chi connectivity index (χ0n) is 33.6. The van der Waals surface area contributed by atoms with Crippen LogP contribution in [0.25, 0.3) is 28.4 Å². The quantitative estimate of drug-likeness (QED) is 0.0482. The number of fused-ring (bicyclic) bond motifs is 1. The summed E-state index contributed by atoms with van der Waals surface area (Å²) in [6.45, 7) is -2.63. The van der Waals surface area contributed by atoms with Crippen LogP contribution in [-0.2, 0) is 33.2 Å². The first-order valence-corrected chi connectivity index (χ1v) is 19.9. The summed E-state index contributed by atoms with van der Waals surface area (Å²) in [5.41, 5.74) is -0.808. The van der Waals surface area contributed by atoms with Gasteiger partial charge in [-0.1, -0.05) is 12.1 Å². The van der Waals surface area contributed by atoms with Gasteiger partial charge in [-0.15, -0.1) is 0 Å². The molecule has 352 valence electrons. The second kappa shape index (κ2) is 19.9. The Labute approximate surface area is 365 Å². The molecule has 15 atom stereocenters. The molecule has 23 nitrogen and oxygen atoms in total. The molecule has 0 saturated carbocycles. The van der Waals surface area contributed by atoms with Crippen LogP contribution >= 0.6 is 0 Å². The van der Waals surface area contributed by atoms with Gasteiger partial charge in [0.2, 0.25) is 17.5 Å². The van der Waals surface area contributed by atoms with Crippen LogP contribution in [0, 0.1) is 0 Å². The first kappa shape index (κ1) is 47.5. The van der Waals surface area contributed by atoms with E-state index in [1.807, 2.05) is 0 Å². The van der Waals surface area contributed by atoms with Gasteiger partial charge >= 0.3 is 5.97 Å². The average Bonchev–Trinajstić information content (AvgIpc) is 3.28. The molecule has 3 aromatic carbocycles. The summed E-state index contributed by atoms with van der Waals surface area (Å²) < 4.78 is 46.1. The van der Waals surface area contributed by atoms with Crippen LogP contribution in [-0.4, -0.2) is 184 Å². The van der Waals surface area contributed by atoms with Crippen molar-refractivity contribution in [3.05, 3.63) is 82.5 Å². The predicted octanol–water partition coefficient (Wildman–Crippen LogP) is -2.63. The van der Waals surface area contributed by atoms with Crippen molar-refractivity contribution in [3.8, 4) is 40.1 Å². The Kier molecular flexibility index (Phi) is 14.6. The third-order valence-electron chi connectivity index (χ3n) is 10.9. The van der Waals surface area contributed by atoms with Gasteiger partial charge in [0, 0.05) is 23.8 Å². The van der Waals surface area contributed by atoms with Crippen LogP contribution in [0.15, 0.2) is 76.0 Å². The van der Waals surface area contributed by atoms with Crippen LogP contribution in [0.2, 0.25) is 0 Å². The first-order chi connectivity index (χ1) is 31.0. The number of rotatable bonds is 13. The molecule has 13 N–H and O–H groups in total. The highest BCUT2D eigenvalue weighted by atomic mass is 16.8. The molecule has 3 saturated heterocycles. The number of aromatic hydroxyl groups is 4. The van der Waals surface area contributed by atoms with E-state index >= 15 is 0 Å². The topological polar surface area (TPSA) is 375 Å². The van der Waals surface area contributed by atoms with Gasteiger partial charge in [-0.05, 0) is 48.0 Å². The van der Waals surface area contributed by atoms with E-state index in [-0.39, 0.29) is 28.4 Å². The van der Waals surface area contributed by atoms with E-state index in [9.17, 15) is 76.0 Å². The Hall–Kier alpha value is -5.48. The average molecular weight is 919 g/mol. The fraction of sp³-hybridized carbons (Fsp3) is 0.429. The number of esters is 1. The summed E-state index contributed by atoms with van der Waals surface area (Å²) in [5.74, 6) is -3.49. The van der Waals surface area contributed by atoms with Crippen LogP contribution in [0.3, 0.4) is 0 Å². The summed E-state index contributed by atoms with van der Waals surface area (Å²) in [4.78, 5) is 26.6. The van der Waals surface area contributed by atoms with E-state index in [0.717, 1.165) is 18.2 Å². The van der Waals surface area contributed by atoms with E-state index in [2.05, 4.69) is 0 Å². The first-order valence-electron chi connectivity index (χ1n) is 19.9. The van der Waals surface area contributed by atoms with Gasteiger partial charge in [-0.25, -0.2) is 4.79 Å². The van der Waals surface area contributed by atoms with Gasteiger partial charge in [0.15, 0.2) is 24.4 Å². The van der Waals surface area contributed by atoms with Crippen molar-refractivity contribution in [2.24, 2.45) is 0 Å². The van der Waals surface area contributed by atoms with Gasteiger partial charge in [0.05, 0.1) is 13.2 Å². The van der Waals surface area contributed by atoms with Crippen molar-refractivity contribution in [3.63, 3.8) is 0 Å². The van der Waals surface area contributed by atoms with Crippen molar-refractivity contribution >= 4 is 23.0 Å². The molecule has 65 heavy (non-hydrogen) atoms. The third kappa shape index (κ3) is 10.0. The molecule has 7 rings (SSSR count). The predicted molar refractivity (Wildman–Crippen MR) is 214 cm³/mol. The molecule has 3 fully saturated rings. The van der Waals surface area contributed by atoms with E-state index in [1.54, 1.807) is 0 Å². The van der Waals surface area contributed by atoms with Crippen molar-refractivity contribution < 1.29 is 109 Å². The lowest BCUT2D eigenvalue weighted by molar-refractivity contribution is -0.389. The van der Waals surface area contributed by atoms with Crippen LogP contribution in [0.4, 0.5) is 0 Å². The number of carbonyl (C=O) groups is 1. The highest BCUT2D eigenvalue weighted by Crippen LogP contribution is 2.39. The number of benzene rings is 3. The standard InChI is InChI=1S/C42H46O23/c43-13-23-29(51)34(56)39(41(60-23)63-37-31(53)27-21(48)11-20(47)12-22(27)59-36(37)17-4-8-19(46)9-5-17)65-42-38(33(55)28(50)24(14-44)61-42)64-40-35(57)32(54)30(52)25(62-40)15-58-26(49)10-3-16-1-6-18(45)7-2-16/h1-12,23-25,28-30,32-35,38-48,50-52,54-57H,13-15H2/b10-3+/t23-,24-,25-,28-,29-,30-,32+,33+,34+,35-,38-,39-,40+,41+,42+/m1/s1. The molecule has 0 spiro atoms. The van der Waals surface area contributed by atoms with E-state index in [1.165, 1.54) is 54.6 Å². The number of aliphatic hydroxyl groups excluding tert-OH is 9. The number of phenols is 4. The summed E-state index contributed by atoms with van der Waals surface area (Å²) in [6.07, 6.45) is -27.0. The summed E-state index contributed by atoms with van der Waals surface area (Å²) in [5, 5.41) is 137. The zero-order valence-corrected chi connectivity index (χ0v) is 33.6. The maximum Gasteiger partial charge on any atom is 0.330 e. The van der Waals surface area contributed by atoms with E-state index < -0.39 is 146 Å². The number of hydrogen-bond acceptors (Lipinski definition) is 23. The minimum Gasteiger partial charge on any atom is -0.508 e. The Morgan fingerprint density at radius 1 is 0.615 bits per heavy atom. The monoisotopic (exact) mass is 918 g/mol. The molecule has 4 aromatic rings. The zero-order chi connectivity index (χ0) is 46.9. The number of phenolic OH excluding ortho intramolecular Hbond substituents is 4. The molecule has 0 amide bonds. The molecule has 0 aliphatic carbocycles. The molecular weight excluding hydrogens is 872 g/mol. The van der Waals surface area contributed by atoms with Crippen molar-refractivity contribution in [2.75, 3.05) is 19.8 Å². The maximum absolute atomic E-state index is 14.1. The Balaban J connectivity index is 1.18. The van der Waals surface area contributed by atoms with Gasteiger partial charge in [-0.3, -0.25) is 4.79 Å². The number of aliphatic hydroxyl groups is 9. The van der Waals surface area contributed by atoms with Gasteiger partial charge in [0.1, 0.15) is 108 Å². The highest BCUT2D eigenvalue weighted by Gasteiger charge is 2.55. The largest absolute Gasteiger partial charge is 0.508 e. The Morgan fingerprint density at radius 3 is 1.77 bits per heavy atom. The van der Waals surface area contributed by atoms with Crippen molar-refractivity contribution in [2.45, 2.75) is 92.1 Å². The number of hydrogen-bond donors (Lipinski definition) is 13. The maximum atomic E-state index is 14.1. The van der Waals surface area contributed by atoms with Gasteiger partial charge in [0.25, 0.3) is 0 Å².